The molecule has 2 N–H and O–H groups in total. The molecule has 0 bridgehead atoms. The summed E-state index contributed by atoms with van der Waals surface area (Å²) in [5.41, 5.74) is 1.05. The van der Waals surface area contributed by atoms with Gasteiger partial charge in [-0.05, 0) is 32.5 Å². The second kappa shape index (κ2) is 6.11. The number of nitrogens with zero attached hydrogens (tertiary/aromatic N) is 1. The smallest absolute Gasteiger partial charge is 0.269 e. The van der Waals surface area contributed by atoms with Gasteiger partial charge in [0.1, 0.15) is 0 Å². The molecule has 0 aliphatic rings. The summed E-state index contributed by atoms with van der Waals surface area (Å²) < 4.78 is 0. The Kier molecular flexibility index (Phi) is 4.79. The van der Waals surface area contributed by atoms with Gasteiger partial charge in [-0.15, -0.1) is 0 Å². The van der Waals surface area contributed by atoms with Gasteiger partial charge in [0.25, 0.3) is 11.6 Å². The molecule has 98 valence electrons. The minimum absolute atomic E-state index is 0.00681. The zero-order valence-electron chi connectivity index (χ0n) is 10.7. The van der Waals surface area contributed by atoms with Crippen LogP contribution in [-0.4, -0.2) is 30.5 Å². The largest absolute Gasteiger partial charge is 0.350 e. The van der Waals surface area contributed by atoms with E-state index in [1.54, 1.807) is 6.92 Å². The molecule has 0 radical (unpaired) electrons. The molecule has 0 aromatic heterocycles. The summed E-state index contributed by atoms with van der Waals surface area (Å²) in [5.74, 6) is -0.218. The predicted octanol–water partition coefficient (Wildman–Crippen LogP) is 1.24. The Hall–Kier alpha value is -1.95. The summed E-state index contributed by atoms with van der Waals surface area (Å²) in [4.78, 5) is 22.0. The lowest BCUT2D eigenvalue weighted by Gasteiger charge is -2.12. The molecule has 1 aromatic rings. The predicted molar refractivity (Wildman–Crippen MR) is 68.7 cm³/mol. The number of non-ortho nitro benzene ring substituents is 1. The van der Waals surface area contributed by atoms with E-state index in [1.165, 1.54) is 18.2 Å². The molecule has 6 heteroatoms. The molecule has 6 nitrogen and oxygen atoms in total. The summed E-state index contributed by atoms with van der Waals surface area (Å²) in [6.07, 6.45) is 0. The Morgan fingerprint density at radius 1 is 1.50 bits per heavy atom. The van der Waals surface area contributed by atoms with Crippen molar-refractivity contribution in [2.24, 2.45) is 0 Å². The molecule has 0 aliphatic heterocycles. The second-order valence-corrected chi connectivity index (χ2v) is 4.16. The van der Waals surface area contributed by atoms with Crippen molar-refractivity contribution in [3.8, 4) is 0 Å². The number of hydrogen-bond donors (Lipinski definition) is 2. The molecule has 0 saturated carbocycles. The fraction of sp³-hybridized carbons (Fsp3) is 0.417. The Balaban J connectivity index is 2.78. The summed E-state index contributed by atoms with van der Waals surface area (Å²) in [5, 5.41) is 16.4. The van der Waals surface area contributed by atoms with Crippen LogP contribution in [-0.2, 0) is 0 Å². The minimum atomic E-state index is -0.474. The van der Waals surface area contributed by atoms with Gasteiger partial charge in [-0.2, -0.15) is 0 Å². The number of likely N-dealkylation sites (N-methyl/N-ethyl adjacent to an activating group) is 1. The van der Waals surface area contributed by atoms with E-state index in [1.807, 2.05) is 14.0 Å². The highest BCUT2D eigenvalue weighted by Gasteiger charge is 2.13. The van der Waals surface area contributed by atoms with Gasteiger partial charge in [0.15, 0.2) is 0 Å². The monoisotopic (exact) mass is 251 g/mol. The first kappa shape index (κ1) is 14.1. The lowest BCUT2D eigenvalue weighted by atomic mass is 10.1. The van der Waals surface area contributed by atoms with Crippen molar-refractivity contribution in [3.05, 3.63) is 39.4 Å². The average molecular weight is 251 g/mol. The zero-order valence-corrected chi connectivity index (χ0v) is 10.7. The van der Waals surface area contributed by atoms with Crippen LogP contribution in [0.15, 0.2) is 18.2 Å². The van der Waals surface area contributed by atoms with Crippen molar-refractivity contribution in [1.29, 1.82) is 0 Å². The van der Waals surface area contributed by atoms with E-state index in [2.05, 4.69) is 10.6 Å². The third-order valence-electron chi connectivity index (χ3n) is 2.73. The Morgan fingerprint density at radius 3 is 2.67 bits per heavy atom. The molecule has 1 rings (SSSR count). The van der Waals surface area contributed by atoms with Gasteiger partial charge < -0.3 is 10.6 Å². The number of carbonyl (C=O) groups excluding carboxylic acids is 1. The Morgan fingerprint density at radius 2 is 2.17 bits per heavy atom. The van der Waals surface area contributed by atoms with Crippen LogP contribution in [0.4, 0.5) is 5.69 Å². The summed E-state index contributed by atoms with van der Waals surface area (Å²) >= 11 is 0. The van der Waals surface area contributed by atoms with Gasteiger partial charge in [0, 0.05) is 30.3 Å². The van der Waals surface area contributed by atoms with Crippen molar-refractivity contribution >= 4 is 11.6 Å². The maximum Gasteiger partial charge on any atom is 0.269 e. The number of aryl methyl sites for hydroxylation is 1. The molecule has 18 heavy (non-hydrogen) atoms. The first-order chi connectivity index (χ1) is 8.45. The molecule has 1 amide bonds. The second-order valence-electron chi connectivity index (χ2n) is 4.16. The topological polar surface area (TPSA) is 84.3 Å². The van der Waals surface area contributed by atoms with Crippen molar-refractivity contribution < 1.29 is 9.72 Å². The number of nitro groups is 1. The number of hydrogen-bond acceptors (Lipinski definition) is 4. The highest BCUT2D eigenvalue weighted by Crippen LogP contribution is 2.16. The van der Waals surface area contributed by atoms with Gasteiger partial charge in [-0.3, -0.25) is 14.9 Å². The number of carbonyl (C=O) groups is 1. The van der Waals surface area contributed by atoms with Crippen LogP contribution < -0.4 is 10.6 Å². The molecule has 1 atom stereocenters. The lowest BCUT2D eigenvalue weighted by molar-refractivity contribution is -0.384. The molecule has 0 aliphatic carbocycles. The van der Waals surface area contributed by atoms with E-state index in [4.69, 9.17) is 0 Å². The minimum Gasteiger partial charge on any atom is -0.350 e. The number of nitro benzene ring substituents is 1. The van der Waals surface area contributed by atoms with Gasteiger partial charge in [0.05, 0.1) is 4.92 Å². The lowest BCUT2D eigenvalue weighted by Crippen LogP contribution is -2.37. The van der Waals surface area contributed by atoms with Crippen molar-refractivity contribution in [2.45, 2.75) is 19.9 Å². The van der Waals surface area contributed by atoms with E-state index in [0.29, 0.717) is 17.7 Å². The molecule has 0 fully saturated rings. The molecule has 1 unspecified atom stereocenters. The maximum absolute atomic E-state index is 11.9. The highest BCUT2D eigenvalue weighted by atomic mass is 16.6. The Labute approximate surface area is 106 Å². The normalized spacial score (nSPS) is 11.9. The van der Waals surface area contributed by atoms with Crippen LogP contribution in [0, 0.1) is 17.0 Å². The van der Waals surface area contributed by atoms with Crippen LogP contribution in [0.1, 0.15) is 22.8 Å². The number of rotatable bonds is 5. The third kappa shape index (κ3) is 3.53. The first-order valence-corrected chi connectivity index (χ1v) is 5.66. The third-order valence-corrected chi connectivity index (χ3v) is 2.73. The summed E-state index contributed by atoms with van der Waals surface area (Å²) in [6.45, 7) is 4.14. The number of benzene rings is 1. The molecular formula is C12H17N3O3. The van der Waals surface area contributed by atoms with Crippen LogP contribution in [0.5, 0.6) is 0 Å². The van der Waals surface area contributed by atoms with E-state index in [9.17, 15) is 14.9 Å². The molecule has 0 spiro atoms. The van der Waals surface area contributed by atoms with Crippen LogP contribution in [0.2, 0.25) is 0 Å². The number of nitrogens with one attached hydrogen (secondary N) is 2. The first-order valence-electron chi connectivity index (χ1n) is 5.66. The van der Waals surface area contributed by atoms with Crippen molar-refractivity contribution in [3.63, 3.8) is 0 Å². The quantitative estimate of drug-likeness (QED) is 0.609. The summed E-state index contributed by atoms with van der Waals surface area (Å²) in [7, 11) is 1.81. The number of amides is 1. The zero-order chi connectivity index (χ0) is 13.7. The standard InChI is InChI=1S/C12H17N3O3/c1-8-6-10(15(17)18)4-5-11(8)12(16)14-7-9(2)13-3/h4-6,9,13H,7H2,1-3H3,(H,14,16). The van der Waals surface area contributed by atoms with Crippen molar-refractivity contribution in [1.82, 2.24) is 10.6 Å². The van der Waals surface area contributed by atoms with Gasteiger partial charge in [-0.25, -0.2) is 0 Å². The Bertz CT molecular complexity index is 460. The van der Waals surface area contributed by atoms with E-state index < -0.39 is 4.92 Å². The fourth-order valence-corrected chi connectivity index (χ4v) is 1.46. The van der Waals surface area contributed by atoms with Gasteiger partial charge in [-0.1, -0.05) is 0 Å². The van der Waals surface area contributed by atoms with Crippen LogP contribution in [0.25, 0.3) is 0 Å². The summed E-state index contributed by atoms with van der Waals surface area (Å²) in [6, 6.07) is 4.39. The maximum atomic E-state index is 11.9. The van der Waals surface area contributed by atoms with E-state index in [0.717, 1.165) is 0 Å². The SMILES string of the molecule is CNC(C)CNC(=O)c1ccc([N+](=O)[O-])cc1C. The van der Waals surface area contributed by atoms with Crippen LogP contribution in [0.3, 0.4) is 0 Å². The highest BCUT2D eigenvalue weighted by molar-refractivity contribution is 5.95. The van der Waals surface area contributed by atoms with Crippen LogP contribution >= 0.6 is 0 Å². The average Bonchev–Trinajstić information content (AvgIpc) is 2.35. The molecule has 0 heterocycles. The van der Waals surface area contributed by atoms with E-state index in [-0.39, 0.29) is 17.6 Å². The molecular weight excluding hydrogens is 234 g/mol. The van der Waals surface area contributed by atoms with Crippen molar-refractivity contribution in [2.75, 3.05) is 13.6 Å². The van der Waals surface area contributed by atoms with Gasteiger partial charge in [0.2, 0.25) is 0 Å². The van der Waals surface area contributed by atoms with E-state index >= 15 is 0 Å². The van der Waals surface area contributed by atoms with Gasteiger partial charge >= 0.3 is 0 Å². The molecule has 1 aromatic carbocycles. The fourth-order valence-electron chi connectivity index (χ4n) is 1.46. The molecule has 0 saturated heterocycles.